The molecule has 2 rings (SSSR count). The molecule has 6 amide bonds. The normalized spacial score (nSPS) is 13.7. The second-order valence-electron chi connectivity index (χ2n) is 19.0. The summed E-state index contributed by atoms with van der Waals surface area (Å²) in [6, 6.07) is -7.25. The first-order valence-electron chi connectivity index (χ1n) is 27.1. The Hall–Kier alpha value is -5.06. The zero-order valence-corrected chi connectivity index (χ0v) is 44.5. The van der Waals surface area contributed by atoms with Crippen molar-refractivity contribution in [3.05, 3.63) is 36.4 Å². The second-order valence-corrected chi connectivity index (χ2v) is 19.4. The van der Waals surface area contributed by atoms with Gasteiger partial charge in [0.2, 0.25) is 35.4 Å². The fourth-order valence-corrected chi connectivity index (χ4v) is 8.65. The maximum atomic E-state index is 14.3. The summed E-state index contributed by atoms with van der Waals surface area (Å²) in [7, 11) is 0. The number of nitrogens with zero attached hydrogens (tertiary/aromatic N) is 2. The van der Waals surface area contributed by atoms with E-state index in [1.54, 1.807) is 12.4 Å². The molecule has 21 nitrogen and oxygen atoms in total. The van der Waals surface area contributed by atoms with Crippen molar-refractivity contribution in [2.75, 3.05) is 25.4 Å². The number of nitrogens with two attached hydrogens (primary N) is 3. The number of amides is 6. The smallest absolute Gasteiger partial charge is 0.326 e. The molecule has 0 unspecified atom stereocenters. The van der Waals surface area contributed by atoms with Gasteiger partial charge in [-0.1, -0.05) is 96.8 Å². The third kappa shape index (κ3) is 28.8. The third-order valence-electron chi connectivity index (χ3n) is 12.8. The summed E-state index contributed by atoms with van der Waals surface area (Å²) in [5.74, 6) is -5.16. The fourth-order valence-electron chi connectivity index (χ4n) is 8.39. The number of unbranched alkanes of at least 4 members (excludes halogenated alkanes) is 17. The number of aromatic amines is 2. The van der Waals surface area contributed by atoms with Crippen LogP contribution >= 0.6 is 12.6 Å². The molecule has 0 bridgehead atoms. The van der Waals surface area contributed by atoms with Crippen LogP contribution in [0.5, 0.6) is 0 Å². The average molecular weight is 1050 g/mol. The Bertz CT molecular complexity index is 1820. The standard InChI is InChI=1S/C51H91N13O8S/c1-2-3-4-5-6-7-8-9-10-11-12-13-14-15-16-26-45(65)59-44(34-73)50(70)64-43(31-38-33-56-36-58-38)49(69)63-42(30-37-32-55-35-57-37)48(68)61-39(23-17-20-27-52)46(66)60-40(24-18-21-28-53)47(67)62-41(51(71)72)25-19-22-29-54/h32-33,35-36,39-44,73H,2-31,34,52-54H2,1H3,(H,55,57)(H,56,58)(H,59,65)(H,60,66)(H,61,68)(H,62,67)(H,63,69)(H,64,70)(H,71,72)/t39-,40-,41-,42-,43-,44-/m0/s1. The number of H-pyrrole nitrogens is 2. The van der Waals surface area contributed by atoms with Crippen LogP contribution in [0, 0.1) is 0 Å². The largest absolute Gasteiger partial charge is 0.480 e. The maximum Gasteiger partial charge on any atom is 0.326 e. The van der Waals surface area contributed by atoms with Crippen molar-refractivity contribution in [1.29, 1.82) is 0 Å². The minimum absolute atomic E-state index is 0.0462. The van der Waals surface area contributed by atoms with Crippen LogP contribution in [0.25, 0.3) is 0 Å². The van der Waals surface area contributed by atoms with Crippen molar-refractivity contribution in [2.24, 2.45) is 17.2 Å². The zero-order valence-electron chi connectivity index (χ0n) is 43.6. The number of aromatic nitrogens is 4. The van der Waals surface area contributed by atoms with E-state index in [1.165, 1.54) is 83.3 Å². The van der Waals surface area contributed by atoms with E-state index in [0.29, 0.717) is 76.0 Å². The molecule has 2 heterocycles. The summed E-state index contributed by atoms with van der Waals surface area (Å²) in [4.78, 5) is 109. The lowest BCUT2D eigenvalue weighted by Gasteiger charge is -2.27. The van der Waals surface area contributed by atoms with E-state index in [-0.39, 0.29) is 50.2 Å². The predicted octanol–water partition coefficient (Wildman–Crippen LogP) is 3.49. The summed E-state index contributed by atoms with van der Waals surface area (Å²) >= 11 is 4.34. The highest BCUT2D eigenvalue weighted by atomic mass is 32.1. The van der Waals surface area contributed by atoms with Crippen LogP contribution in [0.1, 0.15) is 179 Å². The van der Waals surface area contributed by atoms with E-state index in [4.69, 9.17) is 17.2 Å². The molecular weight excluding hydrogens is 955 g/mol. The zero-order chi connectivity index (χ0) is 53.5. The van der Waals surface area contributed by atoms with Gasteiger partial charge >= 0.3 is 5.97 Å². The molecule has 73 heavy (non-hydrogen) atoms. The number of thiol groups is 1. The number of carbonyl (C=O) groups is 7. The molecule has 0 saturated carbocycles. The van der Waals surface area contributed by atoms with Crippen molar-refractivity contribution >= 4 is 54.0 Å². The van der Waals surface area contributed by atoms with E-state index >= 15 is 0 Å². The quantitative estimate of drug-likeness (QED) is 0.0334. The van der Waals surface area contributed by atoms with Crippen molar-refractivity contribution in [1.82, 2.24) is 51.8 Å². The SMILES string of the molecule is CCCCCCCCCCCCCCCCCC(=O)N[C@@H](CS)C(=O)N[C@@H](Cc1c[nH]cn1)C(=O)N[C@@H](Cc1c[nH]cn1)C(=O)N[C@@H](CCCCN)C(=O)N[C@@H](CCCCN)C(=O)N[C@@H](CCCCN)C(=O)O. The summed E-state index contributed by atoms with van der Waals surface area (Å²) in [6.07, 6.45) is 27.4. The number of aliphatic carboxylic acids is 1. The Balaban J connectivity index is 2.14. The van der Waals surface area contributed by atoms with Crippen molar-refractivity contribution in [3.63, 3.8) is 0 Å². The van der Waals surface area contributed by atoms with E-state index in [0.717, 1.165) is 19.3 Å². The number of rotatable bonds is 45. The van der Waals surface area contributed by atoms with Crippen LogP contribution in [0.3, 0.4) is 0 Å². The molecule has 0 aliphatic heterocycles. The van der Waals surface area contributed by atoms with Crippen LogP contribution in [0.15, 0.2) is 25.0 Å². The highest BCUT2D eigenvalue weighted by Crippen LogP contribution is 2.15. The van der Waals surface area contributed by atoms with E-state index in [2.05, 4.69) is 71.4 Å². The minimum atomic E-state index is -1.33. The molecule has 6 atom stereocenters. The van der Waals surface area contributed by atoms with Crippen molar-refractivity contribution < 1.29 is 38.7 Å². The number of imidazole rings is 2. The predicted molar refractivity (Wildman–Crippen MR) is 286 cm³/mol. The van der Waals surface area contributed by atoms with E-state index in [1.807, 2.05) is 0 Å². The summed E-state index contributed by atoms with van der Waals surface area (Å²) < 4.78 is 0. The molecule has 0 spiro atoms. The second kappa shape index (κ2) is 40.3. The van der Waals surface area contributed by atoms with Gasteiger partial charge in [0.05, 0.1) is 24.0 Å². The van der Waals surface area contributed by atoms with Crippen LogP contribution in [0.2, 0.25) is 0 Å². The minimum Gasteiger partial charge on any atom is -0.480 e. The summed E-state index contributed by atoms with van der Waals surface area (Å²) in [6.45, 7) is 3.25. The number of hydrogen-bond donors (Lipinski definition) is 13. The molecule has 2 aromatic rings. The van der Waals surface area contributed by atoms with Gasteiger partial charge in [0, 0.05) is 37.4 Å². The first kappa shape index (κ1) is 64.1. The third-order valence-corrected chi connectivity index (χ3v) is 13.1. The fraction of sp³-hybridized carbons (Fsp3) is 0.745. The highest BCUT2D eigenvalue weighted by molar-refractivity contribution is 7.80. The van der Waals surface area contributed by atoms with E-state index in [9.17, 15) is 38.7 Å². The number of carboxylic acids is 1. The molecule has 0 fully saturated rings. The molecule has 0 saturated heterocycles. The lowest BCUT2D eigenvalue weighted by molar-refractivity contribution is -0.142. The Labute approximate surface area is 438 Å². The Morgan fingerprint density at radius 1 is 0.479 bits per heavy atom. The van der Waals surface area contributed by atoms with Gasteiger partial charge < -0.3 is 64.2 Å². The lowest BCUT2D eigenvalue weighted by atomic mass is 10.0. The van der Waals surface area contributed by atoms with Gasteiger partial charge in [-0.2, -0.15) is 12.6 Å². The lowest BCUT2D eigenvalue weighted by Crippen LogP contribution is -2.60. The number of nitrogens with one attached hydrogen (secondary N) is 8. The van der Waals surface area contributed by atoms with Crippen molar-refractivity contribution in [3.8, 4) is 0 Å². The van der Waals surface area contributed by atoms with Gasteiger partial charge in [-0.3, -0.25) is 28.8 Å². The van der Waals surface area contributed by atoms with Crippen LogP contribution < -0.4 is 49.1 Å². The Morgan fingerprint density at radius 3 is 1.18 bits per heavy atom. The van der Waals surface area contributed by atoms with E-state index < -0.39 is 71.8 Å². The topological polar surface area (TPSA) is 347 Å². The first-order chi connectivity index (χ1) is 35.4. The summed E-state index contributed by atoms with van der Waals surface area (Å²) in [5.41, 5.74) is 17.9. The van der Waals surface area contributed by atoms with Crippen molar-refractivity contribution in [2.45, 2.75) is 217 Å². The Morgan fingerprint density at radius 2 is 0.822 bits per heavy atom. The summed E-state index contributed by atoms with van der Waals surface area (Å²) in [5, 5.41) is 26.1. The number of carboxylic acid groups (broad SMARTS) is 1. The van der Waals surface area contributed by atoms with Gasteiger partial charge in [0.1, 0.15) is 36.3 Å². The molecule has 0 aromatic carbocycles. The Kier molecular flexibility index (Phi) is 35.4. The number of hydrogen-bond acceptors (Lipinski definition) is 13. The number of carbonyl (C=O) groups excluding carboxylic acids is 6. The molecule has 414 valence electrons. The van der Waals surface area contributed by atoms with Gasteiger partial charge in [-0.15, -0.1) is 0 Å². The maximum absolute atomic E-state index is 14.3. The van der Waals surface area contributed by atoms with Crippen LogP contribution in [-0.2, 0) is 46.4 Å². The van der Waals surface area contributed by atoms with Gasteiger partial charge in [0.15, 0.2) is 0 Å². The molecule has 22 heteroatoms. The van der Waals surface area contributed by atoms with Crippen LogP contribution in [-0.4, -0.2) is 128 Å². The average Bonchev–Trinajstić information content (AvgIpc) is 4.10. The van der Waals surface area contributed by atoms with Crippen LogP contribution in [0.4, 0.5) is 0 Å². The molecular formula is C51H91N13O8S. The molecule has 2 aromatic heterocycles. The molecule has 0 aliphatic rings. The van der Waals surface area contributed by atoms with Gasteiger partial charge in [0.25, 0.3) is 0 Å². The molecule has 0 aliphatic carbocycles. The highest BCUT2D eigenvalue weighted by Gasteiger charge is 2.34. The first-order valence-corrected chi connectivity index (χ1v) is 27.7. The monoisotopic (exact) mass is 1050 g/mol. The van der Waals surface area contributed by atoms with Gasteiger partial charge in [-0.05, 0) is 83.8 Å². The molecule has 0 radical (unpaired) electrons. The van der Waals surface area contributed by atoms with Gasteiger partial charge in [-0.25, -0.2) is 14.8 Å². The molecule has 15 N–H and O–H groups in total.